The smallest absolute Gasteiger partial charge is 0.270 e. The Bertz CT molecular complexity index is 1060. The third-order valence-corrected chi connectivity index (χ3v) is 5.82. The molecule has 1 aromatic carbocycles. The lowest BCUT2D eigenvalue weighted by Crippen LogP contribution is -2.31. The van der Waals surface area contributed by atoms with Crippen LogP contribution in [0.25, 0.3) is 21.3 Å². The number of aryl methyl sites for hydroxylation is 1. The monoisotopic (exact) mass is 350 g/mol. The summed E-state index contributed by atoms with van der Waals surface area (Å²) in [6, 6.07) is 10.2. The summed E-state index contributed by atoms with van der Waals surface area (Å²) < 4.78 is 1.12. The molecule has 5 rings (SSSR count). The van der Waals surface area contributed by atoms with Gasteiger partial charge in [0.25, 0.3) is 5.91 Å². The number of hydrogen-bond donors (Lipinski definition) is 2. The molecule has 3 aromatic heterocycles. The molecule has 6 heteroatoms. The average Bonchev–Trinajstić information content (AvgIpc) is 3.34. The van der Waals surface area contributed by atoms with Gasteiger partial charge in [0.15, 0.2) is 0 Å². The summed E-state index contributed by atoms with van der Waals surface area (Å²) in [6.45, 7) is 2.84. The zero-order valence-electron chi connectivity index (χ0n) is 13.9. The molecule has 1 aliphatic heterocycles. The lowest BCUT2D eigenvalue weighted by Gasteiger charge is -2.22. The number of aromatic amines is 2. The molecule has 1 atom stereocenters. The van der Waals surface area contributed by atoms with Crippen LogP contribution in [0.5, 0.6) is 0 Å². The molecule has 4 aromatic rings. The number of aromatic nitrogens is 3. The normalized spacial score (nSPS) is 17.8. The molecule has 1 fully saturated rings. The fourth-order valence-corrected chi connectivity index (χ4v) is 4.50. The van der Waals surface area contributed by atoms with Crippen LogP contribution in [-0.2, 0) is 0 Å². The summed E-state index contributed by atoms with van der Waals surface area (Å²) >= 11 is 1.65. The molecule has 126 valence electrons. The highest BCUT2D eigenvalue weighted by Gasteiger charge is 2.33. The number of nitrogens with zero attached hydrogens (tertiary/aromatic N) is 2. The topological polar surface area (TPSA) is 64.8 Å². The van der Waals surface area contributed by atoms with Crippen LogP contribution in [0, 0.1) is 6.92 Å². The van der Waals surface area contributed by atoms with Crippen molar-refractivity contribution in [2.75, 3.05) is 6.54 Å². The third kappa shape index (κ3) is 2.36. The van der Waals surface area contributed by atoms with Gasteiger partial charge < -0.3 is 14.9 Å². The molecular weight excluding hydrogens is 332 g/mol. The quantitative estimate of drug-likeness (QED) is 0.563. The van der Waals surface area contributed by atoms with Crippen molar-refractivity contribution in [1.82, 2.24) is 19.9 Å². The number of benzene rings is 1. The van der Waals surface area contributed by atoms with Crippen LogP contribution in [0.1, 0.15) is 40.8 Å². The number of rotatable bonds is 2. The molecule has 0 bridgehead atoms. The Morgan fingerprint density at radius 2 is 2.16 bits per heavy atom. The molecule has 2 N–H and O–H groups in total. The Morgan fingerprint density at radius 1 is 1.24 bits per heavy atom. The van der Waals surface area contributed by atoms with Crippen molar-refractivity contribution in [2.45, 2.75) is 25.8 Å². The Morgan fingerprint density at radius 3 is 3.04 bits per heavy atom. The number of H-pyrrole nitrogens is 2. The van der Waals surface area contributed by atoms with E-state index >= 15 is 0 Å². The van der Waals surface area contributed by atoms with Gasteiger partial charge in [-0.05, 0) is 55.0 Å². The van der Waals surface area contributed by atoms with Gasteiger partial charge >= 0.3 is 0 Å². The zero-order valence-corrected chi connectivity index (χ0v) is 14.7. The minimum atomic E-state index is 0.0153. The average molecular weight is 350 g/mol. The minimum Gasteiger partial charge on any atom is -0.350 e. The Hall–Kier alpha value is -2.60. The molecule has 25 heavy (non-hydrogen) atoms. The number of hydrogen-bond acceptors (Lipinski definition) is 3. The highest BCUT2D eigenvalue weighted by Crippen LogP contribution is 2.33. The van der Waals surface area contributed by atoms with Gasteiger partial charge in [0.2, 0.25) is 0 Å². The van der Waals surface area contributed by atoms with Gasteiger partial charge in [-0.2, -0.15) is 0 Å². The molecule has 0 radical (unpaired) electrons. The van der Waals surface area contributed by atoms with Crippen LogP contribution in [-0.4, -0.2) is 32.3 Å². The van der Waals surface area contributed by atoms with E-state index in [1.54, 1.807) is 11.3 Å². The van der Waals surface area contributed by atoms with Gasteiger partial charge in [0.05, 0.1) is 27.3 Å². The number of nitrogens with one attached hydrogen (secondary N) is 2. The van der Waals surface area contributed by atoms with Crippen LogP contribution < -0.4 is 0 Å². The van der Waals surface area contributed by atoms with E-state index in [2.05, 4.69) is 29.0 Å². The van der Waals surface area contributed by atoms with Crippen molar-refractivity contribution in [3.8, 4) is 0 Å². The van der Waals surface area contributed by atoms with Crippen LogP contribution in [0.15, 0.2) is 35.7 Å². The summed E-state index contributed by atoms with van der Waals surface area (Å²) in [7, 11) is 0. The molecule has 1 saturated heterocycles. The summed E-state index contributed by atoms with van der Waals surface area (Å²) in [5.74, 6) is 0.947. The molecule has 0 aliphatic carbocycles. The van der Waals surface area contributed by atoms with Gasteiger partial charge in [-0.25, -0.2) is 4.98 Å². The maximum Gasteiger partial charge on any atom is 0.270 e. The van der Waals surface area contributed by atoms with Crippen molar-refractivity contribution in [2.24, 2.45) is 0 Å². The number of amides is 1. The van der Waals surface area contributed by atoms with Crippen molar-refractivity contribution in [3.05, 3.63) is 52.8 Å². The van der Waals surface area contributed by atoms with Crippen molar-refractivity contribution < 1.29 is 4.79 Å². The van der Waals surface area contributed by atoms with Gasteiger partial charge in [0.1, 0.15) is 11.5 Å². The first-order valence-electron chi connectivity index (χ1n) is 8.52. The second-order valence-electron chi connectivity index (χ2n) is 6.68. The molecule has 0 spiro atoms. The highest BCUT2D eigenvalue weighted by molar-refractivity contribution is 7.17. The number of fused-ring (bicyclic) bond motifs is 2. The SMILES string of the molecule is Cc1ccc2nc([C@H]3CCCN3C(=O)c3cc4sccc4[nH]3)[nH]c2c1. The first kappa shape index (κ1) is 14.7. The van der Waals surface area contributed by atoms with E-state index in [0.717, 1.165) is 46.5 Å². The van der Waals surface area contributed by atoms with E-state index in [1.807, 2.05) is 28.5 Å². The van der Waals surface area contributed by atoms with Crippen LogP contribution in [0.2, 0.25) is 0 Å². The van der Waals surface area contributed by atoms with Crippen molar-refractivity contribution in [3.63, 3.8) is 0 Å². The Kier molecular flexibility index (Phi) is 3.21. The molecule has 0 unspecified atom stereocenters. The standard InChI is InChI=1S/C19H18N4OS/c1-11-4-5-12-14(9-11)22-18(21-12)16-3-2-7-23(16)19(24)15-10-17-13(20-15)6-8-25-17/h4-6,8-10,16,20H,2-3,7H2,1H3,(H,21,22)/t16-/m1/s1. The van der Waals surface area contributed by atoms with Crippen LogP contribution >= 0.6 is 11.3 Å². The lowest BCUT2D eigenvalue weighted by molar-refractivity contribution is 0.0725. The summed E-state index contributed by atoms with van der Waals surface area (Å²) in [6.07, 6.45) is 1.95. The molecule has 4 heterocycles. The minimum absolute atomic E-state index is 0.0153. The number of carbonyl (C=O) groups excluding carboxylic acids is 1. The number of thiophene rings is 1. The Labute approximate surface area is 148 Å². The number of carbonyl (C=O) groups is 1. The third-order valence-electron chi connectivity index (χ3n) is 4.96. The maximum absolute atomic E-state index is 13.0. The van der Waals surface area contributed by atoms with E-state index in [9.17, 15) is 4.79 Å². The van der Waals surface area contributed by atoms with Crippen molar-refractivity contribution >= 4 is 38.5 Å². The maximum atomic E-state index is 13.0. The first-order chi connectivity index (χ1) is 12.2. The second kappa shape index (κ2) is 5.46. The number of imidazole rings is 1. The molecule has 1 amide bonds. The zero-order chi connectivity index (χ0) is 17.0. The van der Waals surface area contributed by atoms with E-state index in [-0.39, 0.29) is 11.9 Å². The fraction of sp³-hybridized carbons (Fsp3) is 0.263. The lowest BCUT2D eigenvalue weighted by atomic mass is 10.2. The highest BCUT2D eigenvalue weighted by atomic mass is 32.1. The summed E-state index contributed by atoms with van der Waals surface area (Å²) in [4.78, 5) is 26.4. The molecule has 1 aliphatic rings. The summed E-state index contributed by atoms with van der Waals surface area (Å²) in [5.41, 5.74) is 4.90. The Balaban J connectivity index is 1.49. The first-order valence-corrected chi connectivity index (χ1v) is 9.40. The van der Waals surface area contributed by atoms with E-state index < -0.39 is 0 Å². The molecule has 5 nitrogen and oxygen atoms in total. The summed E-state index contributed by atoms with van der Waals surface area (Å²) in [5, 5.41) is 2.03. The van der Waals surface area contributed by atoms with Gasteiger partial charge in [-0.3, -0.25) is 4.79 Å². The van der Waals surface area contributed by atoms with Crippen LogP contribution in [0.3, 0.4) is 0 Å². The van der Waals surface area contributed by atoms with Crippen molar-refractivity contribution in [1.29, 1.82) is 0 Å². The second-order valence-corrected chi connectivity index (χ2v) is 7.63. The largest absolute Gasteiger partial charge is 0.350 e. The van der Waals surface area contributed by atoms with Crippen LogP contribution in [0.4, 0.5) is 0 Å². The molecular formula is C19H18N4OS. The van der Waals surface area contributed by atoms with E-state index in [4.69, 9.17) is 4.98 Å². The fourth-order valence-electron chi connectivity index (χ4n) is 3.71. The van der Waals surface area contributed by atoms with Gasteiger partial charge in [-0.1, -0.05) is 6.07 Å². The predicted octanol–water partition coefficient (Wildman–Crippen LogP) is 4.39. The van der Waals surface area contributed by atoms with E-state index in [0.29, 0.717) is 5.69 Å². The number of likely N-dealkylation sites (tertiary alicyclic amines) is 1. The van der Waals surface area contributed by atoms with E-state index in [1.165, 1.54) is 5.56 Å². The van der Waals surface area contributed by atoms with Gasteiger partial charge in [-0.15, -0.1) is 11.3 Å². The molecule has 0 saturated carbocycles. The van der Waals surface area contributed by atoms with Gasteiger partial charge in [0, 0.05) is 6.54 Å². The predicted molar refractivity (Wildman–Crippen MR) is 100 cm³/mol.